The third-order valence-corrected chi connectivity index (χ3v) is 3.87. The first-order chi connectivity index (χ1) is 12.4. The molecule has 1 aromatic rings. The number of carbonyl (C=O) groups excluding carboxylic acids is 3. The molecule has 6 nitrogen and oxygen atoms in total. The first-order valence-corrected chi connectivity index (χ1v) is 8.46. The van der Waals surface area contributed by atoms with Crippen LogP contribution in [0.3, 0.4) is 0 Å². The maximum absolute atomic E-state index is 13.2. The highest BCUT2D eigenvalue weighted by molar-refractivity contribution is 6.32. The van der Waals surface area contributed by atoms with Crippen LogP contribution < -0.4 is 4.90 Å². The number of nitrogens with zero attached hydrogens (tertiary/aromatic N) is 2. The average molecular weight is 360 g/mol. The Balaban J connectivity index is 2.44. The molecule has 0 unspecified atom stereocenters. The fraction of sp³-hybridized carbons (Fsp3) is 0.316. The van der Waals surface area contributed by atoms with Gasteiger partial charge in [0.1, 0.15) is 5.82 Å². The second-order valence-electron chi connectivity index (χ2n) is 5.50. The number of likely N-dealkylation sites (N-methyl/N-ethyl adjacent to an activating group) is 1. The number of carbonyl (C=O) groups is 3. The van der Waals surface area contributed by atoms with Gasteiger partial charge in [-0.1, -0.05) is 13.0 Å². The molecular weight excluding hydrogens is 339 g/mol. The zero-order valence-corrected chi connectivity index (χ0v) is 15.0. The number of imide groups is 1. The molecule has 0 N–H and O–H groups in total. The van der Waals surface area contributed by atoms with E-state index in [4.69, 9.17) is 4.74 Å². The van der Waals surface area contributed by atoms with E-state index in [0.717, 1.165) is 17.0 Å². The van der Waals surface area contributed by atoms with E-state index in [1.165, 1.54) is 18.2 Å². The van der Waals surface area contributed by atoms with Gasteiger partial charge in [-0.25, -0.2) is 14.1 Å². The van der Waals surface area contributed by atoms with Crippen LogP contribution in [-0.4, -0.2) is 35.8 Å². The molecule has 2 amide bonds. The Morgan fingerprint density at radius 2 is 1.73 bits per heavy atom. The summed E-state index contributed by atoms with van der Waals surface area (Å²) >= 11 is 0. The minimum Gasteiger partial charge on any atom is -0.415 e. The number of allylic oxidation sites excluding steroid dienone is 1. The molecule has 0 aliphatic carbocycles. The van der Waals surface area contributed by atoms with Crippen molar-refractivity contribution < 1.29 is 23.5 Å². The number of esters is 1. The molecule has 0 radical (unpaired) electrons. The lowest BCUT2D eigenvalue weighted by Crippen LogP contribution is -2.35. The average Bonchev–Trinajstić information content (AvgIpc) is 2.86. The summed E-state index contributed by atoms with van der Waals surface area (Å²) in [5.74, 6) is -2.88. The second-order valence-corrected chi connectivity index (χ2v) is 5.50. The van der Waals surface area contributed by atoms with E-state index in [-0.39, 0.29) is 17.1 Å². The zero-order chi connectivity index (χ0) is 19.3. The molecule has 0 fully saturated rings. The van der Waals surface area contributed by atoms with Crippen molar-refractivity contribution >= 4 is 23.5 Å². The number of anilines is 1. The summed E-state index contributed by atoms with van der Waals surface area (Å²) in [6.45, 7) is 6.41. The van der Waals surface area contributed by atoms with Gasteiger partial charge in [-0.05, 0) is 44.5 Å². The lowest BCUT2D eigenvalue weighted by atomic mass is 10.3. The fourth-order valence-corrected chi connectivity index (χ4v) is 2.58. The number of rotatable bonds is 7. The van der Waals surface area contributed by atoms with E-state index >= 15 is 0 Å². The molecule has 26 heavy (non-hydrogen) atoms. The molecule has 2 rings (SSSR count). The summed E-state index contributed by atoms with van der Waals surface area (Å²) in [6, 6.07) is 4.96. The Labute approximate surface area is 151 Å². The first kappa shape index (κ1) is 19.4. The molecule has 0 atom stereocenters. The van der Waals surface area contributed by atoms with Crippen LogP contribution in [0.15, 0.2) is 47.9 Å². The minimum atomic E-state index is -0.748. The quantitative estimate of drug-likeness (QED) is 0.425. The number of amides is 2. The number of benzene rings is 1. The van der Waals surface area contributed by atoms with Crippen LogP contribution in [0.2, 0.25) is 0 Å². The van der Waals surface area contributed by atoms with E-state index in [1.54, 1.807) is 11.0 Å². The van der Waals surface area contributed by atoms with Gasteiger partial charge in [0, 0.05) is 19.2 Å². The van der Waals surface area contributed by atoms with Crippen molar-refractivity contribution in [1.29, 1.82) is 0 Å². The summed E-state index contributed by atoms with van der Waals surface area (Å²) in [5.41, 5.74) is 0.240. The monoisotopic (exact) mass is 360 g/mol. The fourth-order valence-electron chi connectivity index (χ4n) is 2.58. The first-order valence-electron chi connectivity index (χ1n) is 8.46. The largest absolute Gasteiger partial charge is 0.415 e. The third-order valence-electron chi connectivity index (χ3n) is 3.87. The molecule has 1 heterocycles. The standard InChI is InChI=1S/C19H21FN2O4/c1-4-7-8-15(23)26-17-16(21(5-2)6-3)18(24)22(19(17)25)14-11-9-13(20)10-12-14/h7-12H,4-6H2,1-3H3/b8-7+. The summed E-state index contributed by atoms with van der Waals surface area (Å²) in [6.07, 6.45) is 3.44. The predicted octanol–water partition coefficient (Wildman–Crippen LogP) is 2.76. The SMILES string of the molecule is CC/C=C/C(=O)OC1=C(N(CC)CC)C(=O)N(c2ccc(F)cc2)C1=O. The molecule has 7 heteroatoms. The van der Waals surface area contributed by atoms with Gasteiger partial charge in [-0.2, -0.15) is 0 Å². The van der Waals surface area contributed by atoms with Gasteiger partial charge >= 0.3 is 11.9 Å². The highest BCUT2D eigenvalue weighted by atomic mass is 19.1. The molecule has 1 aliphatic heterocycles. The normalized spacial score (nSPS) is 14.5. The van der Waals surface area contributed by atoms with Crippen molar-refractivity contribution in [3.8, 4) is 0 Å². The van der Waals surface area contributed by atoms with E-state index < -0.39 is 23.6 Å². The van der Waals surface area contributed by atoms with Gasteiger partial charge in [-0.3, -0.25) is 9.59 Å². The van der Waals surface area contributed by atoms with E-state index in [1.807, 2.05) is 20.8 Å². The Bertz CT molecular complexity index is 764. The van der Waals surface area contributed by atoms with Crippen LogP contribution in [0, 0.1) is 5.82 Å². The Hall–Kier alpha value is -2.96. The molecule has 0 spiro atoms. The summed E-state index contributed by atoms with van der Waals surface area (Å²) in [4.78, 5) is 40.1. The molecule has 0 saturated heterocycles. The van der Waals surface area contributed by atoms with E-state index in [0.29, 0.717) is 19.5 Å². The molecule has 1 aromatic carbocycles. The lowest BCUT2D eigenvalue weighted by molar-refractivity contribution is -0.137. The molecular formula is C19H21FN2O4. The number of hydrogen-bond acceptors (Lipinski definition) is 5. The van der Waals surface area contributed by atoms with Gasteiger partial charge in [0.05, 0.1) is 5.69 Å². The Morgan fingerprint density at radius 1 is 1.12 bits per heavy atom. The van der Waals surface area contributed by atoms with Crippen molar-refractivity contribution in [3.05, 3.63) is 53.7 Å². The summed E-state index contributed by atoms with van der Waals surface area (Å²) in [7, 11) is 0. The molecule has 0 saturated carbocycles. The predicted molar refractivity (Wildman–Crippen MR) is 94.4 cm³/mol. The van der Waals surface area contributed by atoms with E-state index in [2.05, 4.69) is 0 Å². The maximum Gasteiger partial charge on any atom is 0.336 e. The van der Waals surface area contributed by atoms with Gasteiger partial charge in [-0.15, -0.1) is 0 Å². The van der Waals surface area contributed by atoms with Crippen molar-refractivity contribution in [2.45, 2.75) is 27.2 Å². The van der Waals surface area contributed by atoms with Gasteiger partial charge in [0.15, 0.2) is 5.70 Å². The van der Waals surface area contributed by atoms with Gasteiger partial charge in [0.2, 0.25) is 5.76 Å². The Kier molecular flexibility index (Phi) is 6.27. The van der Waals surface area contributed by atoms with Gasteiger partial charge in [0.25, 0.3) is 5.91 Å². The Morgan fingerprint density at radius 3 is 2.27 bits per heavy atom. The van der Waals surface area contributed by atoms with Crippen LogP contribution in [0.1, 0.15) is 27.2 Å². The van der Waals surface area contributed by atoms with Crippen molar-refractivity contribution in [2.75, 3.05) is 18.0 Å². The second kappa shape index (κ2) is 8.42. The van der Waals surface area contributed by atoms with Crippen molar-refractivity contribution in [2.24, 2.45) is 0 Å². The maximum atomic E-state index is 13.2. The van der Waals surface area contributed by atoms with Crippen molar-refractivity contribution in [1.82, 2.24) is 4.90 Å². The van der Waals surface area contributed by atoms with Crippen LogP contribution in [0.4, 0.5) is 10.1 Å². The van der Waals surface area contributed by atoms with Crippen LogP contribution in [-0.2, 0) is 19.1 Å². The molecule has 138 valence electrons. The van der Waals surface area contributed by atoms with Crippen LogP contribution in [0.25, 0.3) is 0 Å². The van der Waals surface area contributed by atoms with E-state index in [9.17, 15) is 18.8 Å². The third kappa shape index (κ3) is 3.82. The molecule has 0 bridgehead atoms. The zero-order valence-electron chi connectivity index (χ0n) is 15.0. The number of halogens is 1. The smallest absolute Gasteiger partial charge is 0.336 e. The topological polar surface area (TPSA) is 66.9 Å². The summed E-state index contributed by atoms with van der Waals surface area (Å²) in [5, 5.41) is 0. The van der Waals surface area contributed by atoms with Crippen LogP contribution in [0.5, 0.6) is 0 Å². The lowest BCUT2D eigenvalue weighted by Gasteiger charge is -2.22. The minimum absolute atomic E-state index is 0.0302. The van der Waals surface area contributed by atoms with Crippen molar-refractivity contribution in [3.63, 3.8) is 0 Å². The van der Waals surface area contributed by atoms with Gasteiger partial charge < -0.3 is 9.64 Å². The number of ether oxygens (including phenoxy) is 1. The highest BCUT2D eigenvalue weighted by Crippen LogP contribution is 2.30. The van der Waals surface area contributed by atoms with Crippen LogP contribution >= 0.6 is 0 Å². The molecule has 1 aliphatic rings. The summed E-state index contributed by atoms with van der Waals surface area (Å²) < 4.78 is 18.4. The number of hydrogen-bond donors (Lipinski definition) is 0. The molecule has 0 aromatic heterocycles. The highest BCUT2D eigenvalue weighted by Gasteiger charge is 2.43.